The van der Waals surface area contributed by atoms with Crippen molar-refractivity contribution in [2.45, 2.75) is 45.3 Å². The van der Waals surface area contributed by atoms with Gasteiger partial charge in [-0.05, 0) is 24.6 Å². The molecule has 0 spiro atoms. The molecule has 0 aliphatic carbocycles. The van der Waals surface area contributed by atoms with Gasteiger partial charge < -0.3 is 24.6 Å². The maximum Gasteiger partial charge on any atom is 0.245 e. The first-order valence-electron chi connectivity index (χ1n) is 12.8. The normalized spacial score (nSPS) is 18.3. The monoisotopic (exact) mass is 508 g/mol. The topological polar surface area (TPSA) is 100 Å². The lowest BCUT2D eigenvalue weighted by Gasteiger charge is -2.35. The summed E-state index contributed by atoms with van der Waals surface area (Å²) < 4.78 is 11.6. The van der Waals surface area contributed by atoms with Crippen molar-refractivity contribution >= 4 is 23.4 Å². The van der Waals surface area contributed by atoms with Crippen LogP contribution in [-0.2, 0) is 20.8 Å². The molecular weight excluding hydrogens is 472 g/mol. The zero-order chi connectivity index (χ0) is 26.4. The van der Waals surface area contributed by atoms with Gasteiger partial charge in [0, 0.05) is 69.8 Å². The van der Waals surface area contributed by atoms with Crippen molar-refractivity contribution in [3.8, 4) is 11.5 Å². The summed E-state index contributed by atoms with van der Waals surface area (Å²) in [4.78, 5) is 41.1. The fourth-order valence-corrected chi connectivity index (χ4v) is 4.93. The molecule has 0 aromatic heterocycles. The van der Waals surface area contributed by atoms with Gasteiger partial charge in [0.15, 0.2) is 0 Å². The van der Waals surface area contributed by atoms with Gasteiger partial charge in [0.25, 0.3) is 0 Å². The van der Waals surface area contributed by atoms with Gasteiger partial charge in [-0.1, -0.05) is 24.3 Å². The first-order valence-corrected chi connectivity index (χ1v) is 12.8. The van der Waals surface area contributed by atoms with Crippen molar-refractivity contribution < 1.29 is 23.9 Å². The van der Waals surface area contributed by atoms with Crippen LogP contribution in [0.5, 0.6) is 11.5 Å². The van der Waals surface area contributed by atoms with Crippen LogP contribution < -0.4 is 25.0 Å². The molecule has 37 heavy (non-hydrogen) atoms. The molecule has 9 heteroatoms. The Balaban J connectivity index is 1.31. The van der Waals surface area contributed by atoms with Crippen molar-refractivity contribution in [1.29, 1.82) is 0 Å². The van der Waals surface area contributed by atoms with Gasteiger partial charge >= 0.3 is 0 Å². The number of piperidine rings is 1. The molecule has 2 aromatic carbocycles. The van der Waals surface area contributed by atoms with E-state index in [0.29, 0.717) is 43.2 Å². The van der Waals surface area contributed by atoms with Crippen LogP contribution in [0.1, 0.15) is 30.9 Å². The van der Waals surface area contributed by atoms with Crippen molar-refractivity contribution in [2.24, 2.45) is 0 Å². The predicted octanol–water partition coefficient (Wildman–Crippen LogP) is 2.06. The summed E-state index contributed by atoms with van der Waals surface area (Å²) in [6.45, 7) is 6.94. The molecular formula is C28H36N4O5. The number of nitrogens with one attached hydrogen (secondary N) is 2. The summed E-state index contributed by atoms with van der Waals surface area (Å²) in [5.74, 6) is 0.551. The molecule has 198 valence electrons. The van der Waals surface area contributed by atoms with Crippen molar-refractivity contribution in [3.05, 3.63) is 53.6 Å². The summed E-state index contributed by atoms with van der Waals surface area (Å²) in [6, 6.07) is 13.0. The van der Waals surface area contributed by atoms with E-state index in [1.54, 1.807) is 26.2 Å². The zero-order valence-electron chi connectivity index (χ0n) is 21.8. The number of rotatable bonds is 7. The lowest BCUT2D eigenvalue weighted by molar-refractivity contribution is -0.132. The van der Waals surface area contributed by atoms with E-state index in [1.165, 1.54) is 0 Å². The number of hydrogen-bond acceptors (Lipinski definition) is 7. The molecule has 3 amide bonds. The molecule has 1 atom stereocenters. The average Bonchev–Trinajstić information content (AvgIpc) is 2.90. The third-order valence-electron chi connectivity index (χ3n) is 7.01. The number of methoxy groups -OCH3 is 1. The Morgan fingerprint density at radius 1 is 1.08 bits per heavy atom. The summed E-state index contributed by atoms with van der Waals surface area (Å²) in [7, 11) is 1.54. The third kappa shape index (κ3) is 6.80. The van der Waals surface area contributed by atoms with E-state index in [-0.39, 0.29) is 30.2 Å². The van der Waals surface area contributed by atoms with Crippen LogP contribution in [0.15, 0.2) is 42.5 Å². The number of aryl methyl sites for hydroxylation is 1. The number of carbonyl (C=O) groups excluding carboxylic acids is 3. The number of amides is 3. The SMILES string of the molecule is COc1cc(OC2CCN(C(C)=O)CC2)ccc1CC(=O)NC(=O)C1CN(c2ccccc2C)CCN1. The van der Waals surface area contributed by atoms with Gasteiger partial charge in [-0.2, -0.15) is 0 Å². The summed E-state index contributed by atoms with van der Waals surface area (Å²) in [5.41, 5.74) is 2.93. The van der Waals surface area contributed by atoms with Crippen molar-refractivity contribution in [1.82, 2.24) is 15.5 Å². The molecule has 2 saturated heterocycles. The molecule has 2 heterocycles. The fourth-order valence-electron chi connectivity index (χ4n) is 4.93. The number of anilines is 1. The van der Waals surface area contributed by atoms with Crippen LogP contribution in [-0.4, -0.2) is 74.6 Å². The minimum atomic E-state index is -0.482. The third-order valence-corrected chi connectivity index (χ3v) is 7.01. The quantitative estimate of drug-likeness (QED) is 0.591. The van der Waals surface area contributed by atoms with Crippen LogP contribution in [0, 0.1) is 6.92 Å². The highest BCUT2D eigenvalue weighted by molar-refractivity contribution is 5.99. The molecule has 0 saturated carbocycles. The molecule has 2 aromatic rings. The van der Waals surface area contributed by atoms with Crippen LogP contribution in [0.2, 0.25) is 0 Å². The van der Waals surface area contributed by atoms with E-state index < -0.39 is 6.04 Å². The Morgan fingerprint density at radius 2 is 1.84 bits per heavy atom. The van der Waals surface area contributed by atoms with Crippen LogP contribution in [0.3, 0.4) is 0 Å². The standard InChI is InChI=1S/C28H36N4O5/c1-19-6-4-5-7-25(19)32-15-12-29-24(18-32)28(35)30-27(34)16-21-8-9-23(17-26(21)36-3)37-22-10-13-31(14-11-22)20(2)33/h4-9,17,22,24,29H,10-16,18H2,1-3H3,(H,30,34,35). The second kappa shape index (κ2) is 12.1. The highest BCUT2D eigenvalue weighted by atomic mass is 16.5. The minimum absolute atomic E-state index is 0.0143. The second-order valence-electron chi connectivity index (χ2n) is 9.63. The smallest absolute Gasteiger partial charge is 0.245 e. The zero-order valence-corrected chi connectivity index (χ0v) is 21.8. The number of para-hydroxylation sites is 1. The van der Waals surface area contributed by atoms with E-state index in [9.17, 15) is 14.4 Å². The highest BCUT2D eigenvalue weighted by Gasteiger charge is 2.28. The Kier molecular flexibility index (Phi) is 8.66. The molecule has 1 unspecified atom stereocenters. The minimum Gasteiger partial charge on any atom is -0.496 e. The first-order chi connectivity index (χ1) is 17.8. The number of carbonyl (C=O) groups is 3. The molecule has 4 rings (SSSR count). The largest absolute Gasteiger partial charge is 0.496 e. The summed E-state index contributed by atoms with van der Waals surface area (Å²) >= 11 is 0. The lowest BCUT2D eigenvalue weighted by atomic mass is 10.1. The molecule has 0 radical (unpaired) electrons. The Hall–Kier alpha value is -3.59. The number of imide groups is 1. The molecule has 2 fully saturated rings. The van der Waals surface area contributed by atoms with Crippen LogP contribution >= 0.6 is 0 Å². The number of piperazine rings is 1. The van der Waals surface area contributed by atoms with E-state index in [1.807, 2.05) is 23.1 Å². The van der Waals surface area contributed by atoms with Gasteiger partial charge in [-0.3, -0.25) is 19.7 Å². The van der Waals surface area contributed by atoms with Gasteiger partial charge in [0.1, 0.15) is 23.6 Å². The van der Waals surface area contributed by atoms with Gasteiger partial charge in [0.05, 0.1) is 13.5 Å². The maximum atomic E-state index is 12.9. The van der Waals surface area contributed by atoms with Gasteiger partial charge in [-0.15, -0.1) is 0 Å². The number of benzene rings is 2. The molecule has 2 aliphatic rings. The van der Waals surface area contributed by atoms with Crippen molar-refractivity contribution in [2.75, 3.05) is 44.7 Å². The van der Waals surface area contributed by atoms with Gasteiger partial charge in [0.2, 0.25) is 17.7 Å². The van der Waals surface area contributed by atoms with E-state index in [0.717, 1.165) is 30.6 Å². The van der Waals surface area contributed by atoms with E-state index in [2.05, 4.69) is 34.6 Å². The number of ether oxygens (including phenoxy) is 2. The van der Waals surface area contributed by atoms with E-state index in [4.69, 9.17) is 9.47 Å². The molecule has 0 bridgehead atoms. The molecule has 2 aliphatic heterocycles. The maximum absolute atomic E-state index is 12.9. The van der Waals surface area contributed by atoms with E-state index >= 15 is 0 Å². The molecule has 9 nitrogen and oxygen atoms in total. The average molecular weight is 509 g/mol. The number of nitrogens with zero attached hydrogens (tertiary/aromatic N) is 2. The Bertz CT molecular complexity index is 1130. The second-order valence-corrected chi connectivity index (χ2v) is 9.63. The van der Waals surface area contributed by atoms with Crippen LogP contribution in [0.4, 0.5) is 5.69 Å². The van der Waals surface area contributed by atoms with Gasteiger partial charge in [-0.25, -0.2) is 0 Å². The summed E-state index contributed by atoms with van der Waals surface area (Å²) in [6.07, 6.45) is 1.57. The Morgan fingerprint density at radius 3 is 2.54 bits per heavy atom. The molecule has 2 N–H and O–H groups in total. The predicted molar refractivity (Wildman–Crippen MR) is 141 cm³/mol. The number of hydrogen-bond donors (Lipinski definition) is 2. The van der Waals surface area contributed by atoms with Crippen LogP contribution in [0.25, 0.3) is 0 Å². The Labute approximate surface area is 218 Å². The highest BCUT2D eigenvalue weighted by Crippen LogP contribution is 2.28. The summed E-state index contributed by atoms with van der Waals surface area (Å²) in [5, 5.41) is 5.76. The van der Waals surface area contributed by atoms with Crippen molar-refractivity contribution in [3.63, 3.8) is 0 Å². The first kappa shape index (κ1) is 26.5. The fraction of sp³-hybridized carbons (Fsp3) is 0.464. The number of likely N-dealkylation sites (tertiary alicyclic amines) is 1. The lowest BCUT2D eigenvalue weighted by Crippen LogP contribution is -2.58.